The lowest BCUT2D eigenvalue weighted by Crippen LogP contribution is -2.12. The van der Waals surface area contributed by atoms with Gasteiger partial charge >= 0.3 is 0 Å². The molecule has 0 saturated heterocycles. The number of nitrogens with zero attached hydrogens (tertiary/aromatic N) is 2. The van der Waals surface area contributed by atoms with Crippen LogP contribution in [0.5, 0.6) is 0 Å². The molecule has 1 aromatic rings. The standard InChI is InChI=1S/C12H21ClN2O/c1-3-10(2)15-8-6-11(14-15)9-12(16)5-4-7-13/h6,8,10,12,16H,3-5,7,9H2,1-2H3. The highest BCUT2D eigenvalue weighted by Gasteiger charge is 2.09. The van der Waals surface area contributed by atoms with Crippen LogP contribution in [-0.2, 0) is 6.42 Å². The maximum atomic E-state index is 9.73. The minimum absolute atomic E-state index is 0.320. The summed E-state index contributed by atoms with van der Waals surface area (Å²) in [7, 11) is 0. The summed E-state index contributed by atoms with van der Waals surface area (Å²) in [5, 5.41) is 14.2. The van der Waals surface area contributed by atoms with Crippen LogP contribution in [0.25, 0.3) is 0 Å². The number of aliphatic hydroxyl groups excluding tert-OH is 1. The van der Waals surface area contributed by atoms with Gasteiger partial charge in [0, 0.05) is 24.5 Å². The molecular weight excluding hydrogens is 224 g/mol. The monoisotopic (exact) mass is 244 g/mol. The number of rotatable bonds is 7. The predicted molar refractivity (Wildman–Crippen MR) is 66.9 cm³/mol. The van der Waals surface area contributed by atoms with Crippen LogP contribution in [0.1, 0.15) is 44.8 Å². The van der Waals surface area contributed by atoms with E-state index < -0.39 is 0 Å². The Kier molecular flexibility index (Phi) is 5.85. The molecule has 2 atom stereocenters. The third-order valence-electron chi connectivity index (χ3n) is 2.82. The van der Waals surface area contributed by atoms with Crippen LogP contribution in [0, 0.1) is 0 Å². The van der Waals surface area contributed by atoms with Crippen molar-refractivity contribution in [1.29, 1.82) is 0 Å². The summed E-state index contributed by atoms with van der Waals surface area (Å²) in [5.41, 5.74) is 0.961. The maximum Gasteiger partial charge on any atom is 0.0650 e. The molecular formula is C12H21ClN2O. The van der Waals surface area contributed by atoms with Gasteiger partial charge in [0.05, 0.1) is 11.8 Å². The molecule has 0 radical (unpaired) electrons. The molecule has 0 fully saturated rings. The Morgan fingerprint density at radius 1 is 1.56 bits per heavy atom. The molecule has 0 aliphatic rings. The second-order valence-corrected chi connectivity index (χ2v) is 4.61. The van der Waals surface area contributed by atoms with Crippen molar-refractivity contribution in [2.24, 2.45) is 0 Å². The molecule has 1 N–H and O–H groups in total. The van der Waals surface area contributed by atoms with E-state index in [-0.39, 0.29) is 6.10 Å². The number of aliphatic hydroxyl groups is 1. The fourth-order valence-electron chi connectivity index (χ4n) is 1.58. The largest absolute Gasteiger partial charge is 0.393 e. The molecule has 0 aliphatic carbocycles. The smallest absolute Gasteiger partial charge is 0.0650 e. The van der Waals surface area contributed by atoms with Gasteiger partial charge in [-0.25, -0.2) is 0 Å². The average Bonchev–Trinajstić information content (AvgIpc) is 2.73. The van der Waals surface area contributed by atoms with Gasteiger partial charge in [-0.3, -0.25) is 4.68 Å². The van der Waals surface area contributed by atoms with Crippen molar-refractivity contribution in [2.75, 3.05) is 5.88 Å². The molecule has 0 amide bonds. The van der Waals surface area contributed by atoms with Crippen LogP contribution < -0.4 is 0 Å². The lowest BCUT2D eigenvalue weighted by molar-refractivity contribution is 0.162. The molecule has 0 saturated carbocycles. The van der Waals surface area contributed by atoms with E-state index in [0.717, 1.165) is 25.0 Å². The molecule has 4 heteroatoms. The first-order valence-electron chi connectivity index (χ1n) is 5.95. The first kappa shape index (κ1) is 13.5. The first-order valence-corrected chi connectivity index (χ1v) is 6.48. The molecule has 3 nitrogen and oxygen atoms in total. The van der Waals surface area contributed by atoms with Crippen molar-refractivity contribution < 1.29 is 5.11 Å². The average molecular weight is 245 g/mol. The highest BCUT2D eigenvalue weighted by molar-refractivity contribution is 6.17. The molecule has 0 aliphatic heterocycles. The van der Waals surface area contributed by atoms with Crippen molar-refractivity contribution >= 4 is 11.6 Å². The Balaban J connectivity index is 2.45. The van der Waals surface area contributed by atoms with Gasteiger partial charge in [0.15, 0.2) is 0 Å². The number of hydrogen-bond donors (Lipinski definition) is 1. The van der Waals surface area contributed by atoms with Crippen LogP contribution in [0.15, 0.2) is 12.3 Å². The predicted octanol–water partition coefficient (Wildman–Crippen LogP) is 2.78. The van der Waals surface area contributed by atoms with E-state index in [9.17, 15) is 5.11 Å². The fraction of sp³-hybridized carbons (Fsp3) is 0.750. The van der Waals surface area contributed by atoms with Gasteiger partial charge in [0.25, 0.3) is 0 Å². The molecule has 0 aromatic carbocycles. The molecule has 2 unspecified atom stereocenters. The molecule has 1 heterocycles. The first-order chi connectivity index (χ1) is 7.67. The second kappa shape index (κ2) is 6.92. The Morgan fingerprint density at radius 2 is 2.31 bits per heavy atom. The van der Waals surface area contributed by atoms with Gasteiger partial charge in [-0.2, -0.15) is 5.10 Å². The van der Waals surface area contributed by atoms with Gasteiger partial charge in [0.1, 0.15) is 0 Å². The SMILES string of the molecule is CCC(C)n1ccc(CC(O)CCCCl)n1. The van der Waals surface area contributed by atoms with E-state index in [0.29, 0.717) is 18.3 Å². The van der Waals surface area contributed by atoms with E-state index >= 15 is 0 Å². The third kappa shape index (κ3) is 4.14. The number of hydrogen-bond acceptors (Lipinski definition) is 2. The van der Waals surface area contributed by atoms with E-state index in [1.807, 2.05) is 16.9 Å². The maximum absolute atomic E-state index is 9.73. The van der Waals surface area contributed by atoms with Gasteiger partial charge in [-0.05, 0) is 32.3 Å². The van der Waals surface area contributed by atoms with E-state index in [1.165, 1.54) is 0 Å². The minimum atomic E-state index is -0.320. The number of aromatic nitrogens is 2. The van der Waals surface area contributed by atoms with Gasteiger partial charge in [0.2, 0.25) is 0 Å². The molecule has 92 valence electrons. The second-order valence-electron chi connectivity index (χ2n) is 4.23. The van der Waals surface area contributed by atoms with E-state index in [2.05, 4.69) is 18.9 Å². The molecule has 1 rings (SSSR count). The van der Waals surface area contributed by atoms with Crippen molar-refractivity contribution in [1.82, 2.24) is 9.78 Å². The van der Waals surface area contributed by atoms with E-state index in [1.54, 1.807) is 0 Å². The summed E-state index contributed by atoms with van der Waals surface area (Å²) in [6, 6.07) is 2.41. The molecule has 0 spiro atoms. The zero-order valence-corrected chi connectivity index (χ0v) is 10.8. The quantitative estimate of drug-likeness (QED) is 0.749. The van der Waals surface area contributed by atoms with Crippen LogP contribution in [0.4, 0.5) is 0 Å². The van der Waals surface area contributed by atoms with Crippen LogP contribution in [0.3, 0.4) is 0 Å². The summed E-state index contributed by atoms with van der Waals surface area (Å²) >= 11 is 5.58. The highest BCUT2D eigenvalue weighted by Crippen LogP contribution is 2.11. The zero-order chi connectivity index (χ0) is 12.0. The third-order valence-corrected chi connectivity index (χ3v) is 3.09. The number of halogens is 1. The summed E-state index contributed by atoms with van der Waals surface area (Å²) in [6.45, 7) is 4.28. The van der Waals surface area contributed by atoms with Gasteiger partial charge in [-0.15, -0.1) is 11.6 Å². The Morgan fingerprint density at radius 3 is 2.94 bits per heavy atom. The Hall–Kier alpha value is -0.540. The summed E-state index contributed by atoms with van der Waals surface area (Å²) < 4.78 is 1.96. The normalized spacial score (nSPS) is 15.0. The van der Waals surface area contributed by atoms with Crippen molar-refractivity contribution in [3.05, 3.63) is 18.0 Å². The topological polar surface area (TPSA) is 38.0 Å². The summed E-state index contributed by atoms with van der Waals surface area (Å²) in [6.07, 6.45) is 4.96. The molecule has 0 bridgehead atoms. The Bertz CT molecular complexity index is 301. The Labute approximate surface area is 102 Å². The van der Waals surface area contributed by atoms with Crippen LogP contribution >= 0.6 is 11.6 Å². The lowest BCUT2D eigenvalue weighted by atomic mass is 10.1. The number of alkyl halides is 1. The zero-order valence-electron chi connectivity index (χ0n) is 10.1. The van der Waals surface area contributed by atoms with Crippen molar-refractivity contribution in [2.45, 2.75) is 51.7 Å². The molecule has 16 heavy (non-hydrogen) atoms. The van der Waals surface area contributed by atoms with Crippen molar-refractivity contribution in [3.8, 4) is 0 Å². The fourth-order valence-corrected chi connectivity index (χ4v) is 1.73. The van der Waals surface area contributed by atoms with E-state index in [4.69, 9.17) is 11.6 Å². The highest BCUT2D eigenvalue weighted by atomic mass is 35.5. The minimum Gasteiger partial charge on any atom is -0.393 e. The summed E-state index contributed by atoms with van der Waals surface area (Å²) in [5.74, 6) is 0.609. The molecule has 1 aromatic heterocycles. The van der Waals surface area contributed by atoms with Crippen LogP contribution in [0.2, 0.25) is 0 Å². The summed E-state index contributed by atoms with van der Waals surface area (Å²) in [4.78, 5) is 0. The van der Waals surface area contributed by atoms with Gasteiger partial charge < -0.3 is 5.11 Å². The van der Waals surface area contributed by atoms with Crippen molar-refractivity contribution in [3.63, 3.8) is 0 Å². The van der Waals surface area contributed by atoms with Crippen LogP contribution in [-0.4, -0.2) is 26.9 Å². The lowest BCUT2D eigenvalue weighted by Gasteiger charge is -2.09. The van der Waals surface area contributed by atoms with Gasteiger partial charge in [-0.1, -0.05) is 6.92 Å².